The molecule has 4 fully saturated rings. The fourth-order valence-corrected chi connectivity index (χ4v) is 7.97. The Labute approximate surface area is 255 Å². The molecular formula is C31H40BrN3O7. The molecule has 4 heterocycles. The molecule has 4 aliphatic rings. The summed E-state index contributed by atoms with van der Waals surface area (Å²) in [5, 5.41) is 10.7. The Kier molecular flexibility index (Phi) is 9.84. The summed E-state index contributed by atoms with van der Waals surface area (Å²) >= 11 is 3.70. The number of fused-ring (bicyclic) bond motifs is 1. The van der Waals surface area contributed by atoms with Crippen LogP contribution >= 0.6 is 15.9 Å². The number of esters is 1. The fourth-order valence-electron chi connectivity index (χ4n) is 7.03. The van der Waals surface area contributed by atoms with E-state index in [1.807, 2.05) is 30.3 Å². The maximum absolute atomic E-state index is 14.7. The number of likely N-dealkylation sites (tertiary alicyclic amines) is 1. The molecule has 2 amide bonds. The van der Waals surface area contributed by atoms with E-state index in [1.165, 1.54) is 4.90 Å². The highest BCUT2D eigenvalue weighted by Crippen LogP contribution is 2.61. The average Bonchev–Trinajstić information content (AvgIpc) is 3.60. The number of halogens is 1. The highest BCUT2D eigenvalue weighted by atomic mass is 79.9. The lowest BCUT2D eigenvalue weighted by atomic mass is 9.70. The first-order chi connectivity index (χ1) is 20.4. The second kappa shape index (κ2) is 13.4. The van der Waals surface area contributed by atoms with Crippen LogP contribution in [0.5, 0.6) is 0 Å². The third-order valence-electron chi connectivity index (χ3n) is 8.94. The van der Waals surface area contributed by atoms with Crippen LogP contribution in [0.25, 0.3) is 0 Å². The van der Waals surface area contributed by atoms with Gasteiger partial charge in [0, 0.05) is 37.6 Å². The van der Waals surface area contributed by atoms with Gasteiger partial charge in [-0.1, -0.05) is 58.4 Å². The maximum atomic E-state index is 14.7. The number of amides is 2. The van der Waals surface area contributed by atoms with Gasteiger partial charge in [-0.2, -0.15) is 0 Å². The summed E-state index contributed by atoms with van der Waals surface area (Å²) in [6, 6.07) is 7.32. The van der Waals surface area contributed by atoms with Gasteiger partial charge in [-0.05, 0) is 18.4 Å². The number of nitrogens with zero attached hydrogens (tertiary/aromatic N) is 3. The third-order valence-corrected chi connectivity index (χ3v) is 9.79. The minimum Gasteiger partial charge on any atom is -0.465 e. The van der Waals surface area contributed by atoms with Gasteiger partial charge in [0.1, 0.15) is 11.6 Å². The van der Waals surface area contributed by atoms with Crippen molar-refractivity contribution in [1.29, 1.82) is 0 Å². The van der Waals surface area contributed by atoms with Gasteiger partial charge in [0.2, 0.25) is 11.8 Å². The van der Waals surface area contributed by atoms with Gasteiger partial charge in [0.25, 0.3) is 0 Å². The second-order valence-electron chi connectivity index (χ2n) is 11.3. The zero-order valence-corrected chi connectivity index (χ0v) is 25.4. The molecule has 4 aliphatic heterocycles. The number of ether oxygens (including phenoxy) is 3. The molecule has 1 aromatic rings. The van der Waals surface area contributed by atoms with Crippen LogP contribution in [-0.2, 0) is 28.6 Å². The highest BCUT2D eigenvalue weighted by Gasteiger charge is 2.77. The van der Waals surface area contributed by atoms with E-state index in [2.05, 4.69) is 34.0 Å². The van der Waals surface area contributed by atoms with Crippen LogP contribution in [0, 0.1) is 11.8 Å². The van der Waals surface area contributed by atoms with Crippen molar-refractivity contribution in [3.8, 4) is 0 Å². The van der Waals surface area contributed by atoms with Gasteiger partial charge in [-0.3, -0.25) is 19.3 Å². The first kappa shape index (κ1) is 30.9. The number of carbonyl (C=O) groups excluding carboxylic acids is 3. The van der Waals surface area contributed by atoms with Gasteiger partial charge in [0.15, 0.2) is 0 Å². The summed E-state index contributed by atoms with van der Waals surface area (Å²) in [7, 11) is 0. The first-order valence-electron chi connectivity index (χ1n) is 14.6. The van der Waals surface area contributed by atoms with Crippen molar-refractivity contribution >= 4 is 33.7 Å². The topological polar surface area (TPSA) is 109 Å². The highest BCUT2D eigenvalue weighted by molar-refractivity contribution is 9.09. The Bertz CT molecular complexity index is 1160. The van der Waals surface area contributed by atoms with Crippen LogP contribution in [0.1, 0.15) is 24.4 Å². The Balaban J connectivity index is 1.53. The molecule has 0 saturated carbocycles. The summed E-state index contributed by atoms with van der Waals surface area (Å²) < 4.78 is 17.6. The monoisotopic (exact) mass is 645 g/mol. The van der Waals surface area contributed by atoms with E-state index in [0.717, 1.165) is 13.1 Å². The lowest BCUT2D eigenvalue weighted by molar-refractivity contribution is -0.156. The molecule has 1 N–H and O–H groups in total. The van der Waals surface area contributed by atoms with Crippen LogP contribution in [-0.4, -0.2) is 119 Å². The fraction of sp³-hybridized carbons (Fsp3) is 0.581. The van der Waals surface area contributed by atoms with Crippen molar-refractivity contribution in [2.24, 2.45) is 11.8 Å². The second-order valence-corrected chi connectivity index (χ2v) is 12.5. The maximum Gasteiger partial charge on any atom is 0.312 e. The Morgan fingerprint density at radius 1 is 1.21 bits per heavy atom. The van der Waals surface area contributed by atoms with Crippen molar-refractivity contribution in [1.82, 2.24) is 14.7 Å². The number of alkyl halides is 1. The molecule has 1 spiro atoms. The van der Waals surface area contributed by atoms with Crippen molar-refractivity contribution < 1.29 is 33.7 Å². The van der Waals surface area contributed by atoms with Crippen LogP contribution < -0.4 is 0 Å². The molecule has 4 saturated heterocycles. The number of aliphatic hydroxyl groups is 1. The Hall–Kier alpha value is -2.57. The van der Waals surface area contributed by atoms with Crippen LogP contribution in [0.2, 0.25) is 0 Å². The van der Waals surface area contributed by atoms with E-state index in [1.54, 1.807) is 17.1 Å². The summed E-state index contributed by atoms with van der Waals surface area (Å²) in [5.41, 5.74) is -0.559. The number of morpholine rings is 1. The predicted octanol–water partition coefficient (Wildman–Crippen LogP) is 1.93. The summed E-state index contributed by atoms with van der Waals surface area (Å²) in [6.07, 6.45) is 3.58. The Morgan fingerprint density at radius 3 is 2.62 bits per heavy atom. The third kappa shape index (κ3) is 5.57. The molecule has 5 rings (SSSR count). The zero-order chi connectivity index (χ0) is 29.9. The van der Waals surface area contributed by atoms with Crippen molar-refractivity contribution in [3.63, 3.8) is 0 Å². The number of carbonyl (C=O) groups is 3. The first-order valence-corrected chi connectivity index (χ1v) is 15.6. The standard InChI is InChI=1S/C31H40BrN3O7/c1-3-5-16-41-30(39)24-25-28(37)35(23(20-36)21-9-7-6-8-10-21)27(31(25)19-22(32)26(24)42-31)29(38)34(11-4-2)13-12-33-14-17-40-18-15-33/h3-4,6-10,22-27,36H,1-2,5,11-20H2/t22?,23-,24-,25+,26-,27?,31?/m1/s1. The molecule has 2 bridgehead atoms. The summed E-state index contributed by atoms with van der Waals surface area (Å²) in [4.78, 5) is 47.8. The van der Waals surface area contributed by atoms with Gasteiger partial charge in [0.05, 0.1) is 50.4 Å². The van der Waals surface area contributed by atoms with Crippen LogP contribution in [0.15, 0.2) is 55.6 Å². The molecule has 7 atom stereocenters. The van der Waals surface area contributed by atoms with Crippen molar-refractivity contribution in [3.05, 3.63) is 61.2 Å². The number of rotatable bonds is 13. The zero-order valence-electron chi connectivity index (χ0n) is 23.8. The molecule has 0 aliphatic carbocycles. The molecule has 1 aromatic carbocycles. The molecule has 228 valence electrons. The van der Waals surface area contributed by atoms with E-state index in [0.29, 0.717) is 44.7 Å². The molecule has 0 radical (unpaired) electrons. The molecular weight excluding hydrogens is 606 g/mol. The number of benzene rings is 1. The largest absolute Gasteiger partial charge is 0.465 e. The van der Waals surface area contributed by atoms with Gasteiger partial charge < -0.3 is 29.1 Å². The lowest BCUT2D eigenvalue weighted by Crippen LogP contribution is -2.58. The van der Waals surface area contributed by atoms with E-state index >= 15 is 0 Å². The van der Waals surface area contributed by atoms with E-state index in [4.69, 9.17) is 14.2 Å². The number of hydrogen-bond donors (Lipinski definition) is 1. The number of hydrogen-bond acceptors (Lipinski definition) is 8. The number of aliphatic hydroxyl groups excluding tert-OH is 1. The molecule has 42 heavy (non-hydrogen) atoms. The lowest BCUT2D eigenvalue weighted by Gasteiger charge is -2.40. The van der Waals surface area contributed by atoms with Gasteiger partial charge in [-0.15, -0.1) is 13.2 Å². The molecule has 11 heteroatoms. The van der Waals surface area contributed by atoms with Crippen molar-refractivity contribution in [2.45, 2.75) is 41.5 Å². The Morgan fingerprint density at radius 2 is 1.95 bits per heavy atom. The molecule has 0 aromatic heterocycles. The predicted molar refractivity (Wildman–Crippen MR) is 159 cm³/mol. The normalized spacial score (nSPS) is 31.0. The minimum atomic E-state index is -1.25. The van der Waals surface area contributed by atoms with Crippen molar-refractivity contribution in [2.75, 3.05) is 59.2 Å². The smallest absolute Gasteiger partial charge is 0.312 e. The molecule has 10 nitrogen and oxygen atoms in total. The van der Waals surface area contributed by atoms with E-state index in [-0.39, 0.29) is 29.8 Å². The quantitative estimate of drug-likeness (QED) is 0.150. The van der Waals surface area contributed by atoms with Crippen LogP contribution in [0.4, 0.5) is 0 Å². The minimum absolute atomic E-state index is 0.149. The van der Waals surface area contributed by atoms with Crippen LogP contribution in [0.3, 0.4) is 0 Å². The summed E-state index contributed by atoms with van der Waals surface area (Å²) in [5.74, 6) is -2.97. The van der Waals surface area contributed by atoms with Gasteiger partial charge >= 0.3 is 5.97 Å². The van der Waals surface area contributed by atoms with E-state index < -0.39 is 48.2 Å². The van der Waals surface area contributed by atoms with E-state index in [9.17, 15) is 19.5 Å². The average molecular weight is 647 g/mol. The SMILES string of the molecule is C=CCCOC(=O)[C@H]1[C@@H]2OC3(CC2Br)C(C(=O)N(CC=C)CCN2CCOCC2)N([C@H](CO)c2ccccc2)C(=O)[C@H]13. The van der Waals surface area contributed by atoms with Gasteiger partial charge in [-0.25, -0.2) is 0 Å². The summed E-state index contributed by atoms with van der Waals surface area (Å²) in [6.45, 7) is 11.5. The molecule has 3 unspecified atom stereocenters.